The molecule has 1 aromatic heterocycles. The molecule has 0 aliphatic carbocycles. The molecule has 0 spiro atoms. The molecular formula is C12H21N7O7. The molecule has 0 bridgehead atoms. The molecule has 0 aliphatic heterocycles. The summed E-state index contributed by atoms with van der Waals surface area (Å²) in [6.45, 7) is 0. The predicted octanol–water partition coefficient (Wildman–Crippen LogP) is -4.10. The predicted molar refractivity (Wildman–Crippen MR) is 88.1 cm³/mol. The van der Waals surface area contributed by atoms with Crippen LogP contribution in [-0.4, -0.2) is 56.0 Å². The van der Waals surface area contributed by atoms with Crippen LogP contribution in [0.1, 0.15) is 12.8 Å². The Morgan fingerprint density at radius 1 is 1.00 bits per heavy atom. The molecule has 0 saturated carbocycles. The summed E-state index contributed by atoms with van der Waals surface area (Å²) in [7, 11) is 0. The van der Waals surface area contributed by atoms with Crippen molar-refractivity contribution >= 4 is 29.6 Å². The molecular weight excluding hydrogens is 354 g/mol. The van der Waals surface area contributed by atoms with Crippen molar-refractivity contribution in [3.05, 3.63) is 22.7 Å². The third-order valence-electron chi connectivity index (χ3n) is 2.17. The smallest absolute Gasteiger partial charge is 0.346 e. The van der Waals surface area contributed by atoms with Gasteiger partial charge in [-0.3, -0.25) is 24.2 Å². The molecule has 14 nitrogen and oxygen atoms in total. The summed E-state index contributed by atoms with van der Waals surface area (Å²) in [5.41, 5.74) is 23.9. The largest absolute Gasteiger partial charge is 0.480 e. The van der Waals surface area contributed by atoms with Crippen molar-refractivity contribution in [3.63, 3.8) is 0 Å². The number of hydrogen-bond donors (Lipinski definition) is 8. The molecule has 0 saturated heterocycles. The van der Waals surface area contributed by atoms with E-state index in [2.05, 4.69) is 21.4 Å². The van der Waals surface area contributed by atoms with E-state index < -0.39 is 41.5 Å². The number of anilines is 1. The number of carboxylic acids is 2. The van der Waals surface area contributed by atoms with E-state index >= 15 is 0 Å². The average Bonchev–Trinajstić information content (AvgIpc) is 2.46. The maximum atomic E-state index is 10.2. The number of aromatic amines is 1. The first kappa shape index (κ1) is 24.7. The quantitative estimate of drug-likeness (QED) is 0.236. The van der Waals surface area contributed by atoms with Crippen molar-refractivity contribution in [3.8, 4) is 0 Å². The number of nitrogens with zero attached hydrogens (tertiary/aromatic N) is 1. The molecule has 1 aromatic rings. The van der Waals surface area contributed by atoms with Gasteiger partial charge in [0.25, 0.3) is 0 Å². The number of amides is 2. The van der Waals surface area contributed by atoms with Crippen molar-refractivity contribution in [1.82, 2.24) is 9.97 Å². The monoisotopic (exact) mass is 375 g/mol. The number of hydrogen-bond acceptors (Lipinski definition) is 9. The summed E-state index contributed by atoms with van der Waals surface area (Å²) in [5, 5.41) is 16.2. The third kappa shape index (κ3) is 15.4. The van der Waals surface area contributed by atoms with E-state index in [4.69, 9.17) is 27.4 Å². The lowest BCUT2D eigenvalue weighted by Crippen LogP contribution is -2.34. The standard InChI is InChI=1S/C4H5N3O.2C4H8N2O3/c5-3-1-2-6-4(8)7-3;2*5-2(4(8)9)1-3(6)7/h1-2H,(H3,5,6,7,8);2*2H,1,5H2,(H2,6,7)(H,8,9). The van der Waals surface area contributed by atoms with Gasteiger partial charge in [-0.1, -0.05) is 0 Å². The first-order valence-corrected chi connectivity index (χ1v) is 6.71. The fourth-order valence-corrected chi connectivity index (χ4v) is 0.991. The lowest BCUT2D eigenvalue weighted by molar-refractivity contribution is -0.140. The molecule has 13 N–H and O–H groups in total. The van der Waals surface area contributed by atoms with Crippen LogP contribution in [0.5, 0.6) is 0 Å². The van der Waals surface area contributed by atoms with E-state index in [1.165, 1.54) is 12.3 Å². The molecule has 146 valence electrons. The number of primary amides is 2. The second-order valence-corrected chi connectivity index (χ2v) is 4.56. The summed E-state index contributed by atoms with van der Waals surface area (Å²) >= 11 is 0. The van der Waals surface area contributed by atoms with Crippen molar-refractivity contribution in [2.45, 2.75) is 24.9 Å². The van der Waals surface area contributed by atoms with Gasteiger partial charge in [-0.25, -0.2) is 9.78 Å². The van der Waals surface area contributed by atoms with Crippen LogP contribution in [-0.2, 0) is 19.2 Å². The molecule has 1 rings (SSSR count). The van der Waals surface area contributed by atoms with Crippen LogP contribution >= 0.6 is 0 Å². The van der Waals surface area contributed by atoms with E-state index in [1.807, 2.05) is 0 Å². The van der Waals surface area contributed by atoms with E-state index in [1.54, 1.807) is 0 Å². The van der Waals surface area contributed by atoms with Gasteiger partial charge in [0.15, 0.2) is 0 Å². The normalized spacial score (nSPS) is 11.5. The van der Waals surface area contributed by atoms with Crippen LogP contribution in [0.15, 0.2) is 17.1 Å². The highest BCUT2D eigenvalue weighted by Gasteiger charge is 2.13. The van der Waals surface area contributed by atoms with Crippen molar-refractivity contribution in [1.29, 1.82) is 0 Å². The van der Waals surface area contributed by atoms with Gasteiger partial charge in [-0.2, -0.15) is 0 Å². The highest BCUT2D eigenvalue weighted by atomic mass is 16.4. The van der Waals surface area contributed by atoms with Crippen LogP contribution in [0.3, 0.4) is 0 Å². The zero-order valence-electron chi connectivity index (χ0n) is 13.5. The Kier molecular flexibility index (Phi) is 12.2. The Balaban J connectivity index is 0. The fourth-order valence-electron chi connectivity index (χ4n) is 0.991. The minimum absolute atomic E-state index is 0.310. The first-order valence-electron chi connectivity index (χ1n) is 6.71. The van der Waals surface area contributed by atoms with E-state index in [9.17, 15) is 24.0 Å². The maximum Gasteiger partial charge on any atom is 0.346 e. The van der Waals surface area contributed by atoms with Gasteiger partial charge in [0.1, 0.15) is 17.9 Å². The number of carbonyl (C=O) groups excluding carboxylic acids is 2. The van der Waals surface area contributed by atoms with Crippen LogP contribution < -0.4 is 34.4 Å². The first-order chi connectivity index (χ1) is 11.9. The van der Waals surface area contributed by atoms with Gasteiger partial charge >= 0.3 is 17.6 Å². The fraction of sp³-hybridized carbons (Fsp3) is 0.333. The summed E-state index contributed by atoms with van der Waals surface area (Å²) in [6.07, 6.45) is 0.735. The highest BCUT2D eigenvalue weighted by molar-refractivity contribution is 5.83. The molecule has 14 heteroatoms. The van der Waals surface area contributed by atoms with Crippen molar-refractivity contribution < 1.29 is 29.4 Å². The minimum Gasteiger partial charge on any atom is -0.480 e. The van der Waals surface area contributed by atoms with Crippen LogP contribution in [0.2, 0.25) is 0 Å². The lowest BCUT2D eigenvalue weighted by Gasteiger charge is -1.99. The van der Waals surface area contributed by atoms with Crippen molar-refractivity contribution in [2.75, 3.05) is 5.73 Å². The van der Waals surface area contributed by atoms with Gasteiger partial charge in [0, 0.05) is 6.20 Å². The van der Waals surface area contributed by atoms with Crippen LogP contribution in [0, 0.1) is 0 Å². The van der Waals surface area contributed by atoms with E-state index in [-0.39, 0.29) is 12.8 Å². The number of aliphatic carboxylic acids is 2. The summed E-state index contributed by atoms with van der Waals surface area (Å²) < 4.78 is 0. The van der Waals surface area contributed by atoms with Gasteiger partial charge in [-0.15, -0.1) is 0 Å². The highest BCUT2D eigenvalue weighted by Crippen LogP contribution is 1.85. The molecule has 26 heavy (non-hydrogen) atoms. The zero-order chi connectivity index (χ0) is 20.9. The number of nitrogens with one attached hydrogen (secondary N) is 1. The second kappa shape index (κ2) is 12.8. The van der Waals surface area contributed by atoms with Gasteiger partial charge in [0.05, 0.1) is 12.8 Å². The van der Waals surface area contributed by atoms with Gasteiger partial charge < -0.3 is 38.9 Å². The minimum atomic E-state index is -1.21. The molecule has 0 aliphatic rings. The average molecular weight is 375 g/mol. The molecule has 0 fully saturated rings. The number of carboxylic acid groups (broad SMARTS) is 2. The van der Waals surface area contributed by atoms with Crippen LogP contribution in [0.25, 0.3) is 0 Å². The summed E-state index contributed by atoms with van der Waals surface area (Å²) in [4.78, 5) is 55.7. The molecule has 0 radical (unpaired) electrons. The third-order valence-corrected chi connectivity index (χ3v) is 2.17. The Morgan fingerprint density at radius 2 is 1.38 bits per heavy atom. The number of nitrogen functional groups attached to an aromatic ring is 1. The Hall–Kier alpha value is -3.52. The Bertz CT molecular complexity index is 644. The number of H-pyrrole nitrogens is 1. The zero-order valence-corrected chi connectivity index (χ0v) is 13.5. The summed E-state index contributed by atoms with van der Waals surface area (Å²) in [5.74, 6) is -3.50. The number of carbonyl (C=O) groups is 4. The van der Waals surface area contributed by atoms with Gasteiger partial charge in [-0.05, 0) is 6.07 Å². The Morgan fingerprint density at radius 3 is 1.54 bits per heavy atom. The van der Waals surface area contributed by atoms with E-state index in [0.29, 0.717) is 5.82 Å². The molecule has 1 heterocycles. The number of nitrogens with two attached hydrogens (primary N) is 5. The van der Waals surface area contributed by atoms with E-state index in [0.717, 1.165) is 0 Å². The topological polar surface area (TPSA) is 285 Å². The number of aromatic nitrogens is 2. The second-order valence-electron chi connectivity index (χ2n) is 4.56. The molecule has 2 amide bonds. The van der Waals surface area contributed by atoms with Crippen LogP contribution in [0.4, 0.5) is 5.82 Å². The SMILES string of the molecule is NC(=O)CC(N)C(=O)O.NC(=O)CC(N)C(=O)O.Nc1ccnc(=O)[nH]1. The van der Waals surface area contributed by atoms with Crippen molar-refractivity contribution in [2.24, 2.45) is 22.9 Å². The maximum absolute atomic E-state index is 10.2. The summed E-state index contributed by atoms with van der Waals surface area (Å²) in [6, 6.07) is -0.813. The molecule has 2 unspecified atom stereocenters. The molecule has 0 aromatic carbocycles. The number of rotatable bonds is 6. The van der Waals surface area contributed by atoms with Gasteiger partial charge in [0.2, 0.25) is 11.8 Å². The lowest BCUT2D eigenvalue weighted by atomic mass is 10.2. The molecule has 2 atom stereocenters. The Labute approximate surface area is 146 Å².